The van der Waals surface area contributed by atoms with Crippen LogP contribution in [0, 0.1) is 0 Å². The Morgan fingerprint density at radius 3 is 1.03 bits per heavy atom. The Hall–Kier alpha value is -10.2. The van der Waals surface area contributed by atoms with E-state index in [-0.39, 0.29) is 0 Å². The van der Waals surface area contributed by atoms with Crippen LogP contribution < -0.4 is 0 Å². The monoisotopic (exact) mass is 946 g/mol. The Balaban J connectivity index is 0.964. The van der Waals surface area contributed by atoms with E-state index in [1.807, 2.05) is 72.8 Å². The van der Waals surface area contributed by atoms with Gasteiger partial charge in [-0.15, -0.1) is 0 Å². The van der Waals surface area contributed by atoms with Gasteiger partial charge in [0, 0.05) is 55.0 Å². The molecule has 0 spiro atoms. The average Bonchev–Trinajstić information content (AvgIpc) is 4.02. The molecule has 0 atom stereocenters. The molecule has 0 unspecified atom stereocenters. The lowest BCUT2D eigenvalue weighted by molar-refractivity contribution is 0.953. The molecular formula is C66H42N8. The fourth-order valence-electron chi connectivity index (χ4n) is 10.3. The fraction of sp³-hybridized carbons (Fsp3) is 0. The van der Waals surface area contributed by atoms with Crippen LogP contribution in [0.25, 0.3) is 134 Å². The van der Waals surface area contributed by atoms with Crippen LogP contribution >= 0.6 is 0 Å². The summed E-state index contributed by atoms with van der Waals surface area (Å²) in [6.45, 7) is 0. The molecule has 0 aliphatic carbocycles. The van der Waals surface area contributed by atoms with Crippen molar-refractivity contribution in [2.45, 2.75) is 0 Å². The molecular weight excluding hydrogens is 905 g/mol. The Morgan fingerprint density at radius 2 is 0.554 bits per heavy atom. The molecule has 0 aliphatic rings. The van der Waals surface area contributed by atoms with Crippen LogP contribution in [0.1, 0.15) is 0 Å². The minimum atomic E-state index is 0.536. The lowest BCUT2D eigenvalue weighted by Gasteiger charge is -2.14. The highest BCUT2D eigenvalue weighted by Gasteiger charge is 2.24. The van der Waals surface area contributed by atoms with Gasteiger partial charge in [-0.1, -0.05) is 206 Å². The van der Waals surface area contributed by atoms with E-state index in [9.17, 15) is 0 Å². The number of benzene rings is 10. The van der Waals surface area contributed by atoms with Gasteiger partial charge < -0.3 is 4.57 Å². The summed E-state index contributed by atoms with van der Waals surface area (Å²) in [5.41, 5.74) is 14.0. The van der Waals surface area contributed by atoms with Crippen molar-refractivity contribution in [3.05, 3.63) is 255 Å². The number of para-hydroxylation sites is 2. The molecule has 0 N–H and O–H groups in total. The Bertz CT molecular complexity index is 4240. The quantitative estimate of drug-likeness (QED) is 0.143. The molecule has 0 amide bonds. The molecule has 0 aliphatic heterocycles. The summed E-state index contributed by atoms with van der Waals surface area (Å²) in [6.07, 6.45) is 0. The summed E-state index contributed by atoms with van der Waals surface area (Å²) in [4.78, 5) is 31.3. The third-order valence-electron chi connectivity index (χ3n) is 13.8. The van der Waals surface area contributed by atoms with E-state index in [1.165, 1.54) is 0 Å². The molecule has 74 heavy (non-hydrogen) atoms. The molecule has 14 aromatic rings. The lowest BCUT2D eigenvalue weighted by atomic mass is 10.0. The van der Waals surface area contributed by atoms with Gasteiger partial charge in [-0.3, -0.25) is 4.57 Å². The normalized spacial score (nSPS) is 11.5. The van der Waals surface area contributed by atoms with Crippen molar-refractivity contribution in [3.63, 3.8) is 0 Å². The predicted octanol–water partition coefficient (Wildman–Crippen LogP) is 15.9. The van der Waals surface area contributed by atoms with Gasteiger partial charge in [-0.2, -0.15) is 9.97 Å². The standard InChI is InChI=1S/C66H42N8/c1-5-19-43(20-6-1)48-27-17-29-50(41-48)64-67-61(68-65(70-64)51-30-18-28-49(42-51)44-21-7-2-8-22-44)47-35-37-52(38-36-47)73-57-33-15-13-31-53(57)55-39-40-56-54-32-14-16-34-58(54)74(60(56)59(55)73)66-71-62(45-23-9-3-10-24-45)69-63(72-66)46-25-11-4-12-26-46/h1-42H. The molecule has 0 fully saturated rings. The maximum atomic E-state index is 5.29. The van der Waals surface area contributed by atoms with Crippen LogP contribution in [0.15, 0.2) is 255 Å². The van der Waals surface area contributed by atoms with Gasteiger partial charge in [0.1, 0.15) is 0 Å². The number of fused-ring (bicyclic) bond motifs is 7. The molecule has 10 aromatic carbocycles. The highest BCUT2D eigenvalue weighted by molar-refractivity contribution is 6.23. The third kappa shape index (κ3) is 7.48. The summed E-state index contributed by atoms with van der Waals surface area (Å²) < 4.78 is 4.60. The van der Waals surface area contributed by atoms with Crippen LogP contribution in [-0.2, 0) is 0 Å². The van der Waals surface area contributed by atoms with Gasteiger partial charge >= 0.3 is 0 Å². The Kier molecular flexibility index (Phi) is 10.3. The van der Waals surface area contributed by atoms with Gasteiger partial charge in [-0.25, -0.2) is 19.9 Å². The van der Waals surface area contributed by atoms with Gasteiger partial charge in [0.2, 0.25) is 5.95 Å². The summed E-state index contributed by atoms with van der Waals surface area (Å²) in [5.74, 6) is 3.50. The van der Waals surface area contributed by atoms with Crippen LogP contribution in [-0.4, -0.2) is 39.0 Å². The fourth-order valence-corrected chi connectivity index (χ4v) is 10.3. The van der Waals surface area contributed by atoms with E-state index in [0.29, 0.717) is 35.1 Å². The molecule has 0 saturated carbocycles. The van der Waals surface area contributed by atoms with E-state index < -0.39 is 0 Å². The average molecular weight is 947 g/mol. The van der Waals surface area contributed by atoms with Crippen LogP contribution in [0.4, 0.5) is 0 Å². The van der Waals surface area contributed by atoms with Crippen molar-refractivity contribution in [2.75, 3.05) is 0 Å². The van der Waals surface area contributed by atoms with Crippen LogP contribution in [0.2, 0.25) is 0 Å². The van der Waals surface area contributed by atoms with Gasteiger partial charge in [-0.05, 0) is 70.8 Å². The van der Waals surface area contributed by atoms with Gasteiger partial charge in [0.05, 0.1) is 22.1 Å². The zero-order chi connectivity index (χ0) is 49.0. The molecule has 0 saturated heterocycles. The van der Waals surface area contributed by atoms with Crippen LogP contribution in [0.5, 0.6) is 0 Å². The van der Waals surface area contributed by atoms with Crippen molar-refractivity contribution in [1.29, 1.82) is 0 Å². The van der Waals surface area contributed by atoms with Crippen LogP contribution in [0.3, 0.4) is 0 Å². The number of hydrogen-bond donors (Lipinski definition) is 0. The zero-order valence-electron chi connectivity index (χ0n) is 39.8. The van der Waals surface area contributed by atoms with Gasteiger partial charge in [0.25, 0.3) is 0 Å². The summed E-state index contributed by atoms with van der Waals surface area (Å²) in [7, 11) is 0. The first-order chi connectivity index (χ1) is 36.7. The van der Waals surface area contributed by atoms with Crippen molar-refractivity contribution < 1.29 is 0 Å². The highest BCUT2D eigenvalue weighted by atomic mass is 15.2. The number of hydrogen-bond acceptors (Lipinski definition) is 6. The summed E-state index contributed by atoms with van der Waals surface area (Å²) in [6, 6.07) is 88.2. The van der Waals surface area contributed by atoms with Gasteiger partial charge in [0.15, 0.2) is 29.1 Å². The SMILES string of the molecule is c1ccc(-c2cccc(-c3nc(-c4ccc(-n5c6ccccc6c6ccc7c8ccccc8n(-c8nc(-c9ccccc9)nc(-c9ccccc9)n8)c7c65)cc4)nc(-c4cccc(-c5ccccc5)c4)n3)c2)cc1. The Morgan fingerprint density at radius 1 is 0.216 bits per heavy atom. The van der Waals surface area contributed by atoms with Crippen molar-refractivity contribution in [3.8, 4) is 90.8 Å². The molecule has 0 radical (unpaired) electrons. The first-order valence-corrected chi connectivity index (χ1v) is 24.7. The van der Waals surface area contributed by atoms with E-state index in [4.69, 9.17) is 29.9 Å². The second-order valence-corrected chi connectivity index (χ2v) is 18.3. The molecule has 346 valence electrons. The minimum Gasteiger partial charge on any atom is -0.307 e. The molecule has 4 heterocycles. The van der Waals surface area contributed by atoms with E-state index >= 15 is 0 Å². The highest BCUT2D eigenvalue weighted by Crippen LogP contribution is 2.42. The largest absolute Gasteiger partial charge is 0.307 e. The summed E-state index contributed by atoms with van der Waals surface area (Å²) in [5, 5.41) is 4.45. The third-order valence-corrected chi connectivity index (χ3v) is 13.8. The van der Waals surface area contributed by atoms with E-state index in [0.717, 1.165) is 99.4 Å². The predicted molar refractivity (Wildman–Crippen MR) is 300 cm³/mol. The second-order valence-electron chi connectivity index (χ2n) is 18.3. The first kappa shape index (κ1) is 42.7. The number of rotatable bonds is 9. The Labute approximate surface area is 426 Å². The molecule has 14 rings (SSSR count). The van der Waals surface area contributed by atoms with E-state index in [2.05, 4.69) is 191 Å². The molecule has 8 nitrogen and oxygen atoms in total. The first-order valence-electron chi connectivity index (χ1n) is 24.7. The smallest absolute Gasteiger partial charge is 0.238 e. The molecule has 0 bridgehead atoms. The maximum absolute atomic E-state index is 5.29. The number of nitrogens with zero attached hydrogens (tertiary/aromatic N) is 8. The topological polar surface area (TPSA) is 87.2 Å². The minimum absolute atomic E-state index is 0.536. The summed E-state index contributed by atoms with van der Waals surface area (Å²) >= 11 is 0. The second kappa shape index (κ2) is 17.9. The van der Waals surface area contributed by atoms with Crippen molar-refractivity contribution in [2.24, 2.45) is 0 Å². The zero-order valence-corrected chi connectivity index (χ0v) is 39.8. The molecule has 4 aromatic heterocycles. The number of aromatic nitrogens is 8. The maximum Gasteiger partial charge on any atom is 0.238 e. The molecule has 8 heteroatoms. The van der Waals surface area contributed by atoms with E-state index in [1.54, 1.807) is 0 Å². The van der Waals surface area contributed by atoms with Crippen molar-refractivity contribution in [1.82, 2.24) is 39.0 Å². The van der Waals surface area contributed by atoms with Crippen molar-refractivity contribution >= 4 is 43.6 Å². The lowest BCUT2D eigenvalue weighted by Crippen LogP contribution is -2.07.